The van der Waals surface area contributed by atoms with Gasteiger partial charge in [-0.1, -0.05) is 31.4 Å². The van der Waals surface area contributed by atoms with Crippen molar-refractivity contribution in [2.45, 2.75) is 44.7 Å². The number of rotatable bonds is 3. The lowest BCUT2D eigenvalue weighted by Gasteiger charge is -2.27. The molecule has 1 aliphatic rings. The number of fused-ring (bicyclic) bond motifs is 1. The Morgan fingerprint density at radius 1 is 1.26 bits per heavy atom. The van der Waals surface area contributed by atoms with E-state index in [0.717, 1.165) is 5.52 Å². The van der Waals surface area contributed by atoms with Gasteiger partial charge in [-0.05, 0) is 30.9 Å². The monoisotopic (exact) mass is 260 g/mol. The van der Waals surface area contributed by atoms with Crippen LogP contribution in [-0.2, 0) is 6.54 Å². The molecule has 0 radical (unpaired) electrons. The maximum Gasteiger partial charge on any atom is 0.420 e. The standard InChI is InChI=1S/C15H20N2O2/c16-12(11-6-2-1-3-7-11)10-17-13-8-4-5-9-14(13)19-15(17)18/h4-5,8-9,11-12H,1-3,6-7,10,16H2. The van der Waals surface area contributed by atoms with Crippen LogP contribution in [-0.4, -0.2) is 10.6 Å². The van der Waals surface area contributed by atoms with Crippen LogP contribution >= 0.6 is 0 Å². The van der Waals surface area contributed by atoms with Gasteiger partial charge in [0.25, 0.3) is 0 Å². The summed E-state index contributed by atoms with van der Waals surface area (Å²) in [6.07, 6.45) is 6.22. The predicted molar refractivity (Wildman–Crippen MR) is 75.0 cm³/mol. The fraction of sp³-hybridized carbons (Fsp3) is 0.533. The Kier molecular flexibility index (Phi) is 3.42. The second-order valence-corrected chi connectivity index (χ2v) is 5.51. The summed E-state index contributed by atoms with van der Waals surface area (Å²) in [7, 11) is 0. The lowest BCUT2D eigenvalue weighted by atomic mass is 9.84. The van der Waals surface area contributed by atoms with Gasteiger partial charge in [-0.25, -0.2) is 4.79 Å². The summed E-state index contributed by atoms with van der Waals surface area (Å²) in [5.41, 5.74) is 7.79. The van der Waals surface area contributed by atoms with Gasteiger partial charge in [0.2, 0.25) is 0 Å². The molecule has 1 unspecified atom stereocenters. The molecule has 0 aliphatic heterocycles. The molecule has 1 fully saturated rings. The molecule has 102 valence electrons. The number of benzene rings is 1. The summed E-state index contributed by atoms with van der Waals surface area (Å²) in [6.45, 7) is 0.556. The number of oxazole rings is 1. The van der Waals surface area contributed by atoms with Crippen molar-refractivity contribution in [3.63, 3.8) is 0 Å². The molecule has 1 atom stereocenters. The van der Waals surface area contributed by atoms with E-state index < -0.39 is 0 Å². The highest BCUT2D eigenvalue weighted by Crippen LogP contribution is 2.26. The normalized spacial score (nSPS) is 18.8. The van der Waals surface area contributed by atoms with Gasteiger partial charge in [-0.3, -0.25) is 4.57 Å². The minimum Gasteiger partial charge on any atom is -0.408 e. The van der Waals surface area contributed by atoms with Gasteiger partial charge in [0.05, 0.1) is 5.52 Å². The van der Waals surface area contributed by atoms with Crippen LogP contribution in [0.5, 0.6) is 0 Å². The molecule has 0 amide bonds. The minimum absolute atomic E-state index is 0.0407. The topological polar surface area (TPSA) is 61.2 Å². The number of nitrogens with two attached hydrogens (primary N) is 1. The Labute approximate surface area is 112 Å². The van der Waals surface area contributed by atoms with E-state index in [9.17, 15) is 4.79 Å². The number of nitrogens with zero attached hydrogens (tertiary/aromatic N) is 1. The van der Waals surface area contributed by atoms with Crippen molar-refractivity contribution in [3.05, 3.63) is 34.8 Å². The molecule has 2 aromatic rings. The summed E-state index contributed by atoms with van der Waals surface area (Å²) in [4.78, 5) is 11.9. The summed E-state index contributed by atoms with van der Waals surface area (Å²) in [5, 5.41) is 0. The molecule has 1 aromatic heterocycles. The Bertz CT molecular complexity index is 608. The molecule has 1 heterocycles. The van der Waals surface area contributed by atoms with Crippen LogP contribution in [0.1, 0.15) is 32.1 Å². The van der Waals surface area contributed by atoms with Crippen LogP contribution in [0.3, 0.4) is 0 Å². The van der Waals surface area contributed by atoms with Gasteiger partial charge in [-0.15, -0.1) is 0 Å². The Balaban J connectivity index is 1.84. The molecule has 2 N–H and O–H groups in total. The summed E-state index contributed by atoms with van der Waals surface area (Å²) in [5.74, 6) is 0.238. The number of hydrogen-bond donors (Lipinski definition) is 1. The highest BCUT2D eigenvalue weighted by atomic mass is 16.4. The fourth-order valence-electron chi connectivity index (χ4n) is 3.11. The number of hydrogen-bond acceptors (Lipinski definition) is 3. The second kappa shape index (κ2) is 5.21. The van der Waals surface area contributed by atoms with Crippen molar-refractivity contribution in [1.82, 2.24) is 4.57 Å². The third-order valence-electron chi connectivity index (χ3n) is 4.22. The third kappa shape index (κ3) is 2.45. The second-order valence-electron chi connectivity index (χ2n) is 5.51. The molecule has 0 bridgehead atoms. The average molecular weight is 260 g/mol. The summed E-state index contributed by atoms with van der Waals surface area (Å²) in [6, 6.07) is 7.56. The van der Waals surface area contributed by atoms with Crippen LogP contribution in [0.15, 0.2) is 33.5 Å². The molecular weight excluding hydrogens is 240 g/mol. The first-order chi connectivity index (χ1) is 9.25. The van der Waals surface area contributed by atoms with Crippen molar-refractivity contribution >= 4 is 11.1 Å². The van der Waals surface area contributed by atoms with Gasteiger partial charge in [0.15, 0.2) is 5.58 Å². The Morgan fingerprint density at radius 3 is 2.79 bits per heavy atom. The molecule has 1 aromatic carbocycles. The van der Waals surface area contributed by atoms with Crippen LogP contribution in [0.4, 0.5) is 0 Å². The van der Waals surface area contributed by atoms with Gasteiger partial charge in [0, 0.05) is 12.6 Å². The van der Waals surface area contributed by atoms with Crippen molar-refractivity contribution in [3.8, 4) is 0 Å². The van der Waals surface area contributed by atoms with Crippen molar-refractivity contribution < 1.29 is 4.42 Å². The minimum atomic E-state index is -0.299. The highest BCUT2D eigenvalue weighted by Gasteiger charge is 2.22. The molecule has 0 saturated heterocycles. The maximum atomic E-state index is 11.9. The largest absolute Gasteiger partial charge is 0.420 e. The first-order valence-corrected chi connectivity index (χ1v) is 7.09. The van der Waals surface area contributed by atoms with E-state index >= 15 is 0 Å². The Hall–Kier alpha value is -1.55. The molecule has 1 saturated carbocycles. The first-order valence-electron chi connectivity index (χ1n) is 7.09. The van der Waals surface area contributed by atoms with Crippen LogP contribution in [0.2, 0.25) is 0 Å². The predicted octanol–water partition coefficient (Wildman–Crippen LogP) is 2.50. The van der Waals surface area contributed by atoms with E-state index in [1.54, 1.807) is 4.57 Å². The van der Waals surface area contributed by atoms with Crippen LogP contribution in [0, 0.1) is 5.92 Å². The maximum absolute atomic E-state index is 11.9. The van der Waals surface area contributed by atoms with Gasteiger partial charge in [-0.2, -0.15) is 0 Å². The zero-order valence-corrected chi connectivity index (χ0v) is 11.0. The van der Waals surface area contributed by atoms with Gasteiger partial charge < -0.3 is 10.2 Å². The Morgan fingerprint density at radius 2 is 2.00 bits per heavy atom. The van der Waals surface area contributed by atoms with Crippen LogP contribution < -0.4 is 11.5 Å². The zero-order valence-electron chi connectivity index (χ0n) is 11.0. The molecule has 4 nitrogen and oxygen atoms in total. The average Bonchev–Trinajstić information content (AvgIpc) is 2.76. The lowest BCUT2D eigenvalue weighted by Crippen LogP contribution is -2.37. The molecular formula is C15H20N2O2. The molecule has 3 rings (SSSR count). The summed E-state index contributed by atoms with van der Waals surface area (Å²) < 4.78 is 6.91. The van der Waals surface area contributed by atoms with E-state index in [1.165, 1.54) is 32.1 Å². The number of aromatic nitrogens is 1. The van der Waals surface area contributed by atoms with Crippen molar-refractivity contribution in [1.29, 1.82) is 0 Å². The quantitative estimate of drug-likeness (QED) is 0.922. The van der Waals surface area contributed by atoms with Gasteiger partial charge >= 0.3 is 5.76 Å². The zero-order chi connectivity index (χ0) is 13.2. The molecule has 4 heteroatoms. The molecule has 0 spiro atoms. The highest BCUT2D eigenvalue weighted by molar-refractivity contribution is 5.72. The molecule has 19 heavy (non-hydrogen) atoms. The van der Waals surface area contributed by atoms with E-state index in [0.29, 0.717) is 18.0 Å². The van der Waals surface area contributed by atoms with E-state index in [1.807, 2.05) is 24.3 Å². The SMILES string of the molecule is NC(Cn1c(=O)oc2ccccc21)C1CCCCC1. The smallest absolute Gasteiger partial charge is 0.408 e. The summed E-state index contributed by atoms with van der Waals surface area (Å²) >= 11 is 0. The van der Waals surface area contributed by atoms with E-state index in [-0.39, 0.29) is 11.8 Å². The third-order valence-corrected chi connectivity index (χ3v) is 4.22. The van der Waals surface area contributed by atoms with Crippen molar-refractivity contribution in [2.75, 3.05) is 0 Å². The first kappa shape index (κ1) is 12.5. The van der Waals surface area contributed by atoms with E-state index in [4.69, 9.17) is 10.2 Å². The molecule has 1 aliphatic carbocycles. The van der Waals surface area contributed by atoms with Crippen LogP contribution in [0.25, 0.3) is 11.1 Å². The lowest BCUT2D eigenvalue weighted by molar-refractivity contribution is 0.282. The van der Waals surface area contributed by atoms with Gasteiger partial charge in [0.1, 0.15) is 0 Å². The van der Waals surface area contributed by atoms with Crippen molar-refractivity contribution in [2.24, 2.45) is 11.7 Å². The number of para-hydroxylation sites is 2. The van der Waals surface area contributed by atoms with E-state index in [2.05, 4.69) is 0 Å². The fourth-order valence-corrected chi connectivity index (χ4v) is 3.11.